The Morgan fingerprint density at radius 1 is 1.38 bits per heavy atom. The summed E-state index contributed by atoms with van der Waals surface area (Å²) >= 11 is 0. The Kier molecular flexibility index (Phi) is 3.71. The molecule has 0 heterocycles. The quantitative estimate of drug-likeness (QED) is 0.861. The Balaban J connectivity index is 3.17. The lowest BCUT2D eigenvalue weighted by atomic mass is 10.0. The van der Waals surface area contributed by atoms with Crippen molar-refractivity contribution in [3.8, 4) is 0 Å². The van der Waals surface area contributed by atoms with E-state index in [0.29, 0.717) is 5.56 Å². The molecule has 0 aliphatic carbocycles. The SMILES string of the molecule is CC(=O)Cc1ccc(C(F)F)c(C(=O)O)c1. The fourth-order valence-corrected chi connectivity index (χ4v) is 1.38. The van der Waals surface area contributed by atoms with Gasteiger partial charge in [-0.05, 0) is 18.6 Å². The Morgan fingerprint density at radius 2 is 2.00 bits per heavy atom. The highest BCUT2D eigenvalue weighted by Crippen LogP contribution is 2.24. The first-order chi connectivity index (χ1) is 7.41. The number of aromatic carboxylic acids is 1. The van der Waals surface area contributed by atoms with Crippen molar-refractivity contribution in [3.63, 3.8) is 0 Å². The van der Waals surface area contributed by atoms with Crippen LogP contribution in [-0.4, -0.2) is 16.9 Å². The topological polar surface area (TPSA) is 54.4 Å². The van der Waals surface area contributed by atoms with Crippen LogP contribution in [0.3, 0.4) is 0 Å². The molecule has 0 fully saturated rings. The van der Waals surface area contributed by atoms with E-state index >= 15 is 0 Å². The van der Waals surface area contributed by atoms with Crippen LogP contribution in [0.1, 0.15) is 34.8 Å². The number of carbonyl (C=O) groups is 2. The number of ketones is 1. The standard InChI is InChI=1S/C11H10F2O3/c1-6(14)4-7-2-3-8(10(12)13)9(5-7)11(15)16/h2-3,5,10H,4H2,1H3,(H,15,16). The fourth-order valence-electron chi connectivity index (χ4n) is 1.38. The van der Waals surface area contributed by atoms with Crippen molar-refractivity contribution >= 4 is 11.8 Å². The first-order valence-electron chi connectivity index (χ1n) is 4.55. The van der Waals surface area contributed by atoms with Gasteiger partial charge in [-0.1, -0.05) is 12.1 Å². The Bertz CT molecular complexity index is 427. The molecule has 0 saturated heterocycles. The number of halogens is 2. The molecule has 0 aromatic heterocycles. The van der Waals surface area contributed by atoms with E-state index in [1.54, 1.807) is 0 Å². The number of benzene rings is 1. The van der Waals surface area contributed by atoms with Crippen molar-refractivity contribution in [1.82, 2.24) is 0 Å². The molecule has 0 amide bonds. The normalized spacial score (nSPS) is 10.5. The van der Waals surface area contributed by atoms with Crippen LogP contribution in [0.25, 0.3) is 0 Å². The van der Waals surface area contributed by atoms with Gasteiger partial charge < -0.3 is 5.11 Å². The van der Waals surface area contributed by atoms with Gasteiger partial charge in [0.05, 0.1) is 5.56 Å². The number of hydrogen-bond donors (Lipinski definition) is 1. The largest absolute Gasteiger partial charge is 0.478 e. The van der Waals surface area contributed by atoms with Gasteiger partial charge in [-0.25, -0.2) is 13.6 Å². The maximum absolute atomic E-state index is 12.5. The summed E-state index contributed by atoms with van der Waals surface area (Å²) in [4.78, 5) is 21.6. The van der Waals surface area contributed by atoms with Crippen LogP contribution in [0.15, 0.2) is 18.2 Å². The zero-order valence-electron chi connectivity index (χ0n) is 8.54. The van der Waals surface area contributed by atoms with Gasteiger partial charge in [0.2, 0.25) is 0 Å². The lowest BCUT2D eigenvalue weighted by Crippen LogP contribution is -2.05. The summed E-state index contributed by atoms with van der Waals surface area (Å²) in [5.74, 6) is -1.57. The molecule has 1 aromatic carbocycles. The van der Waals surface area contributed by atoms with Crippen LogP contribution in [0.4, 0.5) is 8.78 Å². The molecule has 0 aliphatic rings. The van der Waals surface area contributed by atoms with Crippen LogP contribution in [0, 0.1) is 0 Å². The van der Waals surface area contributed by atoms with E-state index in [2.05, 4.69) is 0 Å². The molecule has 0 spiro atoms. The van der Waals surface area contributed by atoms with E-state index in [0.717, 1.165) is 12.1 Å². The van der Waals surface area contributed by atoms with E-state index in [-0.39, 0.29) is 12.2 Å². The van der Waals surface area contributed by atoms with E-state index in [9.17, 15) is 18.4 Å². The zero-order chi connectivity index (χ0) is 12.3. The number of alkyl halides is 2. The molecule has 0 radical (unpaired) electrons. The summed E-state index contributed by atoms with van der Waals surface area (Å²) in [6.45, 7) is 1.35. The first kappa shape index (κ1) is 12.3. The Morgan fingerprint density at radius 3 is 2.44 bits per heavy atom. The maximum Gasteiger partial charge on any atom is 0.336 e. The van der Waals surface area contributed by atoms with Gasteiger partial charge in [-0.2, -0.15) is 0 Å². The fraction of sp³-hybridized carbons (Fsp3) is 0.273. The minimum absolute atomic E-state index is 0.0454. The molecule has 86 valence electrons. The van der Waals surface area contributed by atoms with E-state index in [1.807, 2.05) is 0 Å². The zero-order valence-corrected chi connectivity index (χ0v) is 8.54. The summed E-state index contributed by atoms with van der Waals surface area (Å²) in [7, 11) is 0. The summed E-state index contributed by atoms with van der Waals surface area (Å²) in [6.07, 6.45) is -2.79. The molecule has 0 atom stereocenters. The van der Waals surface area contributed by atoms with Crippen LogP contribution >= 0.6 is 0 Å². The van der Waals surface area contributed by atoms with Crippen molar-refractivity contribution < 1.29 is 23.5 Å². The molecule has 0 aliphatic heterocycles. The Labute approximate surface area is 90.7 Å². The highest BCUT2D eigenvalue weighted by Gasteiger charge is 2.18. The van der Waals surface area contributed by atoms with E-state index < -0.39 is 23.5 Å². The number of hydrogen-bond acceptors (Lipinski definition) is 2. The second-order valence-electron chi connectivity index (χ2n) is 3.41. The minimum Gasteiger partial charge on any atom is -0.478 e. The van der Waals surface area contributed by atoms with Gasteiger partial charge in [0.15, 0.2) is 0 Å². The van der Waals surface area contributed by atoms with Gasteiger partial charge in [0, 0.05) is 12.0 Å². The third-order valence-corrected chi connectivity index (χ3v) is 2.04. The maximum atomic E-state index is 12.5. The molecule has 1 N–H and O–H groups in total. The van der Waals surface area contributed by atoms with Crippen LogP contribution in [-0.2, 0) is 11.2 Å². The lowest BCUT2D eigenvalue weighted by Gasteiger charge is -2.07. The second kappa shape index (κ2) is 4.83. The monoisotopic (exact) mass is 228 g/mol. The summed E-state index contributed by atoms with van der Waals surface area (Å²) in [5.41, 5.74) is -0.553. The average molecular weight is 228 g/mol. The Hall–Kier alpha value is -1.78. The van der Waals surface area contributed by atoms with Crippen molar-refractivity contribution in [2.45, 2.75) is 19.8 Å². The molecular weight excluding hydrogens is 218 g/mol. The lowest BCUT2D eigenvalue weighted by molar-refractivity contribution is -0.116. The molecular formula is C11H10F2O3. The van der Waals surface area contributed by atoms with Crippen molar-refractivity contribution in [1.29, 1.82) is 0 Å². The van der Waals surface area contributed by atoms with Crippen LogP contribution < -0.4 is 0 Å². The summed E-state index contributed by atoms with van der Waals surface area (Å²) in [5, 5.41) is 8.75. The molecule has 16 heavy (non-hydrogen) atoms. The van der Waals surface area contributed by atoms with E-state index in [1.165, 1.54) is 13.0 Å². The van der Waals surface area contributed by atoms with Gasteiger partial charge in [-0.3, -0.25) is 4.79 Å². The number of Topliss-reactive ketones (excluding diaryl/α,β-unsaturated/α-hetero) is 1. The molecule has 5 heteroatoms. The molecule has 0 bridgehead atoms. The second-order valence-corrected chi connectivity index (χ2v) is 3.41. The van der Waals surface area contributed by atoms with Crippen LogP contribution in [0.2, 0.25) is 0 Å². The predicted molar refractivity (Wildman–Crippen MR) is 52.7 cm³/mol. The average Bonchev–Trinajstić information content (AvgIpc) is 2.16. The summed E-state index contributed by atoms with van der Waals surface area (Å²) < 4.78 is 24.9. The predicted octanol–water partition coefficient (Wildman–Crippen LogP) is 2.45. The van der Waals surface area contributed by atoms with Gasteiger partial charge in [-0.15, -0.1) is 0 Å². The highest BCUT2D eigenvalue weighted by molar-refractivity contribution is 5.90. The molecule has 1 aromatic rings. The minimum atomic E-state index is -2.84. The van der Waals surface area contributed by atoms with Gasteiger partial charge >= 0.3 is 5.97 Å². The number of carboxylic acid groups (broad SMARTS) is 1. The highest BCUT2D eigenvalue weighted by atomic mass is 19.3. The van der Waals surface area contributed by atoms with Gasteiger partial charge in [0.1, 0.15) is 5.78 Å². The third kappa shape index (κ3) is 2.85. The van der Waals surface area contributed by atoms with Crippen molar-refractivity contribution in [3.05, 3.63) is 34.9 Å². The molecule has 3 nitrogen and oxygen atoms in total. The van der Waals surface area contributed by atoms with Crippen molar-refractivity contribution in [2.24, 2.45) is 0 Å². The number of carboxylic acids is 1. The number of carbonyl (C=O) groups excluding carboxylic acids is 1. The summed E-state index contributed by atoms with van der Waals surface area (Å²) in [6, 6.07) is 3.51. The molecule has 1 rings (SSSR count). The molecule has 0 unspecified atom stereocenters. The molecule has 0 saturated carbocycles. The smallest absolute Gasteiger partial charge is 0.336 e. The van der Waals surface area contributed by atoms with E-state index in [4.69, 9.17) is 5.11 Å². The first-order valence-corrected chi connectivity index (χ1v) is 4.55. The van der Waals surface area contributed by atoms with Crippen molar-refractivity contribution in [2.75, 3.05) is 0 Å². The van der Waals surface area contributed by atoms with Gasteiger partial charge in [0.25, 0.3) is 6.43 Å². The third-order valence-electron chi connectivity index (χ3n) is 2.04. The number of rotatable bonds is 4. The van der Waals surface area contributed by atoms with Crippen LogP contribution in [0.5, 0.6) is 0 Å².